The summed E-state index contributed by atoms with van der Waals surface area (Å²) in [5, 5.41) is 0.688. The molecule has 0 spiro atoms. The van der Waals surface area contributed by atoms with E-state index in [1.807, 2.05) is 23.1 Å². The molecule has 35 heavy (non-hydrogen) atoms. The molecule has 3 aromatic rings. The fourth-order valence-electron chi connectivity index (χ4n) is 3.91. The van der Waals surface area contributed by atoms with E-state index in [0.717, 1.165) is 0 Å². The fourth-order valence-corrected chi connectivity index (χ4v) is 3.91. The van der Waals surface area contributed by atoms with E-state index in [9.17, 15) is 9.59 Å². The molecule has 2 heterocycles. The maximum atomic E-state index is 12.6. The summed E-state index contributed by atoms with van der Waals surface area (Å²) < 4.78 is 10.7. The molecule has 0 aliphatic carbocycles. The SMILES string of the molecule is COc1cc2nc(N3CCN(C(=O)CCC(=O)c4ccccc4)CC3)nc(N)c2cc1OC.Cl.O. The average Bonchev–Trinajstić information content (AvgIpc) is 2.86. The van der Waals surface area contributed by atoms with E-state index in [2.05, 4.69) is 9.97 Å². The van der Waals surface area contributed by atoms with Crippen molar-refractivity contribution < 1.29 is 24.5 Å². The second-order valence-electron chi connectivity index (χ2n) is 7.79. The molecule has 1 fully saturated rings. The molecular formula is C24H30ClN5O5. The van der Waals surface area contributed by atoms with Gasteiger partial charge in [0, 0.05) is 56.0 Å². The maximum Gasteiger partial charge on any atom is 0.228 e. The van der Waals surface area contributed by atoms with Crippen LogP contribution in [0.3, 0.4) is 0 Å². The lowest BCUT2D eigenvalue weighted by atomic mass is 10.1. The number of anilines is 2. The van der Waals surface area contributed by atoms with Crippen molar-refractivity contribution in [1.29, 1.82) is 0 Å². The Morgan fingerprint density at radius 1 is 0.943 bits per heavy atom. The van der Waals surface area contributed by atoms with E-state index in [0.29, 0.717) is 65.9 Å². The number of halogens is 1. The van der Waals surface area contributed by atoms with Crippen molar-refractivity contribution in [2.75, 3.05) is 51.0 Å². The molecule has 1 amide bonds. The number of aromatic nitrogens is 2. The molecule has 188 valence electrons. The number of hydrogen-bond acceptors (Lipinski definition) is 8. The number of amides is 1. The van der Waals surface area contributed by atoms with Gasteiger partial charge in [0.05, 0.1) is 19.7 Å². The summed E-state index contributed by atoms with van der Waals surface area (Å²) in [7, 11) is 3.13. The summed E-state index contributed by atoms with van der Waals surface area (Å²) in [6.45, 7) is 2.23. The van der Waals surface area contributed by atoms with Crippen molar-refractivity contribution in [1.82, 2.24) is 14.9 Å². The predicted octanol–water partition coefficient (Wildman–Crippen LogP) is 2.14. The average molecular weight is 504 g/mol. The molecule has 10 nitrogen and oxygen atoms in total. The number of rotatable bonds is 7. The minimum atomic E-state index is -0.0188. The van der Waals surface area contributed by atoms with Gasteiger partial charge in [-0.25, -0.2) is 4.98 Å². The topological polar surface area (TPSA) is 142 Å². The van der Waals surface area contributed by atoms with E-state index < -0.39 is 0 Å². The molecule has 2 aromatic carbocycles. The standard InChI is InChI=1S/C24H27N5O4.ClH.H2O/c1-32-20-14-17-18(15-21(20)33-2)26-24(27-23(17)25)29-12-10-28(11-13-29)22(31)9-8-19(30)16-6-4-3-5-7-16;;/h3-7,14-15H,8-13H2,1-2H3,(H2,25,26,27);1H;1H2. The van der Waals surface area contributed by atoms with Gasteiger partial charge in [-0.05, 0) is 6.07 Å². The number of ketones is 1. The maximum absolute atomic E-state index is 12.6. The third-order valence-corrected chi connectivity index (χ3v) is 5.80. The summed E-state index contributed by atoms with van der Waals surface area (Å²) in [5.41, 5.74) is 7.49. The number of carbonyl (C=O) groups excluding carboxylic acids is 2. The number of nitrogens with zero attached hydrogens (tertiary/aromatic N) is 4. The molecular weight excluding hydrogens is 474 g/mol. The normalized spacial score (nSPS) is 13.0. The van der Waals surface area contributed by atoms with Crippen molar-refractivity contribution >= 4 is 46.8 Å². The second-order valence-corrected chi connectivity index (χ2v) is 7.79. The number of nitrogens with two attached hydrogens (primary N) is 1. The molecule has 0 atom stereocenters. The Labute approximate surface area is 209 Å². The Balaban J connectivity index is 0.00000216. The fraction of sp³-hybridized carbons (Fsp3) is 0.333. The van der Waals surface area contributed by atoms with Gasteiger partial charge in [-0.1, -0.05) is 30.3 Å². The van der Waals surface area contributed by atoms with Crippen LogP contribution in [0.2, 0.25) is 0 Å². The summed E-state index contributed by atoms with van der Waals surface area (Å²) in [6.07, 6.45) is 0.410. The predicted molar refractivity (Wildman–Crippen MR) is 137 cm³/mol. The summed E-state index contributed by atoms with van der Waals surface area (Å²) >= 11 is 0. The van der Waals surface area contributed by atoms with Crippen molar-refractivity contribution in [3.05, 3.63) is 48.0 Å². The third-order valence-electron chi connectivity index (χ3n) is 5.80. The number of carbonyl (C=O) groups is 2. The van der Waals surface area contributed by atoms with Crippen LogP contribution in [0.5, 0.6) is 11.5 Å². The van der Waals surface area contributed by atoms with Gasteiger partial charge in [-0.2, -0.15) is 4.98 Å². The van der Waals surface area contributed by atoms with Gasteiger partial charge in [0.1, 0.15) is 5.82 Å². The van der Waals surface area contributed by atoms with Crippen LogP contribution in [0.25, 0.3) is 10.9 Å². The monoisotopic (exact) mass is 503 g/mol. The van der Waals surface area contributed by atoms with Gasteiger partial charge < -0.3 is 30.5 Å². The molecule has 0 radical (unpaired) electrons. The van der Waals surface area contributed by atoms with Crippen molar-refractivity contribution in [2.45, 2.75) is 12.8 Å². The van der Waals surface area contributed by atoms with Crippen LogP contribution in [0.1, 0.15) is 23.2 Å². The molecule has 0 saturated carbocycles. The van der Waals surface area contributed by atoms with Crippen molar-refractivity contribution in [3.8, 4) is 11.5 Å². The molecule has 0 unspecified atom stereocenters. The summed E-state index contributed by atoms with van der Waals surface area (Å²) in [5.74, 6) is 1.96. The first-order valence-corrected chi connectivity index (χ1v) is 10.8. The Hall–Kier alpha value is -3.63. The highest BCUT2D eigenvalue weighted by Crippen LogP contribution is 2.34. The lowest BCUT2D eigenvalue weighted by Gasteiger charge is -2.35. The van der Waals surface area contributed by atoms with Crippen LogP contribution in [-0.4, -0.2) is 72.4 Å². The van der Waals surface area contributed by atoms with Gasteiger partial charge in [-0.3, -0.25) is 9.59 Å². The zero-order valence-corrected chi connectivity index (χ0v) is 20.5. The zero-order chi connectivity index (χ0) is 23.4. The van der Waals surface area contributed by atoms with Gasteiger partial charge >= 0.3 is 0 Å². The number of piperazine rings is 1. The number of ether oxygens (including phenoxy) is 2. The van der Waals surface area contributed by atoms with Gasteiger partial charge in [0.25, 0.3) is 0 Å². The lowest BCUT2D eigenvalue weighted by molar-refractivity contribution is -0.131. The summed E-state index contributed by atoms with van der Waals surface area (Å²) in [4.78, 5) is 37.8. The second kappa shape index (κ2) is 12.2. The molecule has 4 N–H and O–H groups in total. The Morgan fingerprint density at radius 2 is 1.57 bits per heavy atom. The Kier molecular flexibility index (Phi) is 9.61. The van der Waals surface area contributed by atoms with E-state index >= 15 is 0 Å². The van der Waals surface area contributed by atoms with Crippen molar-refractivity contribution in [3.63, 3.8) is 0 Å². The van der Waals surface area contributed by atoms with Crippen LogP contribution >= 0.6 is 12.4 Å². The van der Waals surface area contributed by atoms with Gasteiger partial charge in [0.2, 0.25) is 11.9 Å². The van der Waals surface area contributed by atoms with Gasteiger partial charge in [0.15, 0.2) is 17.3 Å². The highest BCUT2D eigenvalue weighted by Gasteiger charge is 2.24. The van der Waals surface area contributed by atoms with Crippen molar-refractivity contribution in [2.24, 2.45) is 0 Å². The highest BCUT2D eigenvalue weighted by molar-refractivity contribution is 5.98. The van der Waals surface area contributed by atoms with E-state index in [-0.39, 0.29) is 42.4 Å². The molecule has 1 aromatic heterocycles. The first-order chi connectivity index (χ1) is 16.0. The van der Waals surface area contributed by atoms with E-state index in [1.165, 1.54) is 0 Å². The van der Waals surface area contributed by atoms with Crippen LogP contribution in [-0.2, 0) is 4.79 Å². The molecule has 4 rings (SSSR count). The quantitative estimate of drug-likeness (QED) is 0.483. The zero-order valence-electron chi connectivity index (χ0n) is 19.7. The minimum Gasteiger partial charge on any atom is -0.493 e. The number of fused-ring (bicyclic) bond motifs is 1. The third kappa shape index (κ3) is 6.09. The van der Waals surface area contributed by atoms with Crippen LogP contribution in [0.4, 0.5) is 11.8 Å². The molecule has 11 heteroatoms. The highest BCUT2D eigenvalue weighted by atomic mass is 35.5. The molecule has 0 bridgehead atoms. The lowest BCUT2D eigenvalue weighted by Crippen LogP contribution is -2.49. The smallest absolute Gasteiger partial charge is 0.228 e. The van der Waals surface area contributed by atoms with Crippen LogP contribution in [0.15, 0.2) is 42.5 Å². The largest absolute Gasteiger partial charge is 0.493 e. The number of nitrogen functional groups attached to an aromatic ring is 1. The Bertz CT molecular complexity index is 1170. The number of methoxy groups -OCH3 is 2. The van der Waals surface area contributed by atoms with Crippen LogP contribution < -0.4 is 20.1 Å². The number of Topliss-reactive ketones (excluding diaryl/α,β-unsaturated/α-hetero) is 1. The minimum absolute atomic E-state index is 0. The van der Waals surface area contributed by atoms with E-state index in [1.54, 1.807) is 43.4 Å². The number of benzene rings is 2. The van der Waals surface area contributed by atoms with Gasteiger partial charge in [-0.15, -0.1) is 12.4 Å². The first-order valence-electron chi connectivity index (χ1n) is 10.8. The summed E-state index contributed by atoms with van der Waals surface area (Å²) in [6, 6.07) is 12.6. The molecule has 1 aliphatic rings. The molecule has 1 saturated heterocycles. The Morgan fingerprint density at radius 3 is 2.20 bits per heavy atom. The molecule has 1 aliphatic heterocycles. The number of hydrogen-bond donors (Lipinski definition) is 1. The van der Waals surface area contributed by atoms with Crippen LogP contribution in [0, 0.1) is 0 Å². The van der Waals surface area contributed by atoms with E-state index in [4.69, 9.17) is 15.2 Å². The first kappa shape index (κ1) is 27.6.